The number of hydrogen-bond acceptors (Lipinski definition) is 8. The summed E-state index contributed by atoms with van der Waals surface area (Å²) in [6.45, 7) is 6.79. The highest BCUT2D eigenvalue weighted by atomic mass is 32.2. The molecular weight excluding hydrogens is 508 g/mol. The van der Waals surface area contributed by atoms with Gasteiger partial charge < -0.3 is 19.5 Å². The van der Waals surface area contributed by atoms with E-state index in [2.05, 4.69) is 27.3 Å². The van der Waals surface area contributed by atoms with Crippen molar-refractivity contribution in [1.29, 1.82) is 0 Å². The third kappa shape index (κ3) is 5.66. The monoisotopic (exact) mass is 550 g/mol. The molecule has 12 heteroatoms. The number of hydrogen-bond donors (Lipinski definition) is 1. The van der Waals surface area contributed by atoms with Crippen LogP contribution in [-0.4, -0.2) is 122 Å². The molecular formula is C26H42N6O5S. The molecule has 5 fully saturated rings. The Morgan fingerprint density at radius 3 is 2.39 bits per heavy atom. The molecule has 0 unspecified atom stereocenters. The Morgan fingerprint density at radius 1 is 1.05 bits per heavy atom. The van der Waals surface area contributed by atoms with Gasteiger partial charge in [-0.2, -0.15) is 17.0 Å². The fourth-order valence-corrected chi connectivity index (χ4v) is 8.87. The van der Waals surface area contributed by atoms with Gasteiger partial charge in [-0.25, -0.2) is 0 Å². The summed E-state index contributed by atoms with van der Waals surface area (Å²) in [5.74, 6) is 0.985. The number of morpholine rings is 1. The molecule has 1 saturated carbocycles. The number of piperidine rings is 2. The standard InChI is InChI=1S/C26H42N6O5S/c1-29(10-11-30-12-14-36-15-13-30)21-6-8-31(9-7-21)38(34,35)32-22-4-5-23(32)17-20(16-22)27-26(33)24-18-25(37-28-24)19-2-3-19/h18-23H,2-17H2,1H3,(H,27,33)/t20-,22+,23-. The fourth-order valence-electron chi connectivity index (χ4n) is 6.80. The number of likely N-dealkylation sites (N-methyl/N-ethyl adjacent to an activating group) is 1. The lowest BCUT2D eigenvalue weighted by molar-refractivity contribution is 0.0311. The van der Waals surface area contributed by atoms with Crippen LogP contribution in [0.5, 0.6) is 0 Å². The Kier molecular flexibility index (Phi) is 7.80. The van der Waals surface area contributed by atoms with Crippen LogP contribution in [0.1, 0.15) is 73.5 Å². The number of aromatic nitrogens is 1. The number of carbonyl (C=O) groups is 1. The van der Waals surface area contributed by atoms with Crippen molar-refractivity contribution >= 4 is 16.1 Å². The maximum Gasteiger partial charge on any atom is 0.282 e. The van der Waals surface area contributed by atoms with Gasteiger partial charge >= 0.3 is 0 Å². The van der Waals surface area contributed by atoms with Crippen molar-refractivity contribution in [2.24, 2.45) is 0 Å². The molecule has 1 aromatic heterocycles. The molecule has 1 aromatic rings. The van der Waals surface area contributed by atoms with Crippen LogP contribution in [0.2, 0.25) is 0 Å². The maximum atomic E-state index is 13.7. The smallest absolute Gasteiger partial charge is 0.282 e. The van der Waals surface area contributed by atoms with E-state index in [9.17, 15) is 13.2 Å². The molecule has 1 amide bonds. The Labute approximate surface area is 226 Å². The molecule has 0 radical (unpaired) electrons. The van der Waals surface area contributed by atoms with E-state index in [1.165, 1.54) is 0 Å². The van der Waals surface area contributed by atoms with Gasteiger partial charge in [-0.3, -0.25) is 9.69 Å². The van der Waals surface area contributed by atoms with Crippen molar-refractivity contribution in [2.75, 3.05) is 59.5 Å². The first-order chi connectivity index (χ1) is 18.4. The summed E-state index contributed by atoms with van der Waals surface area (Å²) in [6, 6.07) is 2.01. The minimum atomic E-state index is -3.52. The van der Waals surface area contributed by atoms with Gasteiger partial charge in [0, 0.05) is 75.4 Å². The Bertz CT molecular complexity index is 1070. The lowest BCUT2D eigenvalue weighted by Gasteiger charge is -2.43. The first kappa shape index (κ1) is 26.6. The lowest BCUT2D eigenvalue weighted by atomic mass is 9.99. The van der Waals surface area contributed by atoms with Gasteiger partial charge in [0.1, 0.15) is 5.76 Å². The zero-order valence-electron chi connectivity index (χ0n) is 22.5. The van der Waals surface area contributed by atoms with Gasteiger partial charge in [-0.05, 0) is 58.4 Å². The first-order valence-electron chi connectivity index (χ1n) is 14.4. The molecule has 38 heavy (non-hydrogen) atoms. The van der Waals surface area contributed by atoms with E-state index in [4.69, 9.17) is 9.26 Å². The van der Waals surface area contributed by atoms with Crippen LogP contribution >= 0.6 is 0 Å². The molecule has 3 atom stereocenters. The molecule has 0 spiro atoms. The summed E-state index contributed by atoms with van der Waals surface area (Å²) in [7, 11) is -1.35. The van der Waals surface area contributed by atoms with Crippen LogP contribution in [0.3, 0.4) is 0 Å². The van der Waals surface area contributed by atoms with Crippen LogP contribution < -0.4 is 5.32 Å². The minimum Gasteiger partial charge on any atom is -0.379 e. The summed E-state index contributed by atoms with van der Waals surface area (Å²) in [4.78, 5) is 17.6. The van der Waals surface area contributed by atoms with Gasteiger partial charge in [0.05, 0.1) is 13.2 Å². The second-order valence-electron chi connectivity index (χ2n) is 11.8. The molecule has 5 aliphatic rings. The minimum absolute atomic E-state index is 0.0432. The van der Waals surface area contributed by atoms with Gasteiger partial charge in [0.15, 0.2) is 5.69 Å². The summed E-state index contributed by atoms with van der Waals surface area (Å²) >= 11 is 0. The zero-order chi connectivity index (χ0) is 26.3. The number of nitrogens with one attached hydrogen (secondary N) is 1. The van der Waals surface area contributed by atoms with E-state index < -0.39 is 10.2 Å². The van der Waals surface area contributed by atoms with Crippen molar-refractivity contribution < 1.29 is 22.5 Å². The summed E-state index contributed by atoms with van der Waals surface area (Å²) in [5.41, 5.74) is 0.326. The van der Waals surface area contributed by atoms with Crippen LogP contribution in [-0.2, 0) is 14.9 Å². The van der Waals surface area contributed by atoms with Crippen LogP contribution in [0.4, 0.5) is 0 Å². The highest BCUT2D eigenvalue weighted by Gasteiger charge is 2.49. The number of nitrogens with zero attached hydrogens (tertiary/aromatic N) is 5. The van der Waals surface area contributed by atoms with Gasteiger partial charge in [-0.1, -0.05) is 5.16 Å². The van der Waals surface area contributed by atoms with Crippen LogP contribution in [0, 0.1) is 0 Å². The van der Waals surface area contributed by atoms with E-state index in [0.717, 1.165) is 83.7 Å². The topological polar surface area (TPSA) is 111 Å². The molecule has 1 N–H and O–H groups in total. The molecule has 212 valence electrons. The number of ether oxygens (including phenoxy) is 1. The average molecular weight is 551 g/mol. The molecule has 11 nitrogen and oxygen atoms in total. The first-order valence-corrected chi connectivity index (χ1v) is 15.8. The second kappa shape index (κ2) is 11.1. The van der Waals surface area contributed by atoms with Crippen LogP contribution in [0.15, 0.2) is 10.6 Å². The van der Waals surface area contributed by atoms with Crippen molar-refractivity contribution in [3.63, 3.8) is 0 Å². The molecule has 5 heterocycles. The largest absolute Gasteiger partial charge is 0.379 e. The van der Waals surface area contributed by atoms with E-state index in [1.54, 1.807) is 14.7 Å². The lowest BCUT2D eigenvalue weighted by Crippen LogP contribution is -2.57. The van der Waals surface area contributed by atoms with Crippen molar-refractivity contribution in [3.8, 4) is 0 Å². The predicted octanol–water partition coefficient (Wildman–Crippen LogP) is 1.25. The maximum absolute atomic E-state index is 13.7. The van der Waals surface area contributed by atoms with Crippen molar-refractivity contribution in [2.45, 2.75) is 81.5 Å². The quantitative estimate of drug-likeness (QED) is 0.489. The summed E-state index contributed by atoms with van der Waals surface area (Å²) < 4.78 is 41.7. The Morgan fingerprint density at radius 2 is 1.74 bits per heavy atom. The molecule has 1 aliphatic carbocycles. The number of rotatable bonds is 9. The second-order valence-corrected chi connectivity index (χ2v) is 13.7. The van der Waals surface area contributed by atoms with E-state index >= 15 is 0 Å². The highest BCUT2D eigenvalue weighted by Crippen LogP contribution is 2.41. The molecule has 4 aliphatic heterocycles. The van der Waals surface area contributed by atoms with E-state index in [-0.39, 0.29) is 24.0 Å². The number of carbonyl (C=O) groups excluding carboxylic acids is 1. The van der Waals surface area contributed by atoms with Crippen molar-refractivity contribution in [3.05, 3.63) is 17.5 Å². The SMILES string of the molecule is CN(CCN1CCOCC1)C1CCN(S(=O)(=O)N2[C@@H]3CC[C@H]2C[C@@H](NC(=O)c2cc(C4CC4)on2)C3)CC1. The van der Waals surface area contributed by atoms with E-state index in [1.807, 2.05) is 0 Å². The number of fused-ring (bicyclic) bond motifs is 2. The average Bonchev–Trinajstić information content (AvgIpc) is 3.58. The van der Waals surface area contributed by atoms with Gasteiger partial charge in [0.2, 0.25) is 0 Å². The molecule has 6 rings (SSSR count). The molecule has 2 bridgehead atoms. The molecule has 0 aromatic carbocycles. The summed E-state index contributed by atoms with van der Waals surface area (Å²) in [5, 5.41) is 7.06. The van der Waals surface area contributed by atoms with Crippen LogP contribution in [0.25, 0.3) is 0 Å². The highest BCUT2D eigenvalue weighted by molar-refractivity contribution is 7.86. The summed E-state index contributed by atoms with van der Waals surface area (Å²) in [6.07, 6.45) is 6.92. The normalized spacial score (nSPS) is 30.2. The van der Waals surface area contributed by atoms with Gasteiger partial charge in [-0.15, -0.1) is 0 Å². The fraction of sp³-hybridized carbons (Fsp3) is 0.846. The zero-order valence-corrected chi connectivity index (χ0v) is 23.3. The third-order valence-corrected chi connectivity index (χ3v) is 11.4. The molecule has 4 saturated heterocycles. The van der Waals surface area contributed by atoms with Crippen molar-refractivity contribution in [1.82, 2.24) is 28.9 Å². The Hall–Kier alpha value is -1.57. The van der Waals surface area contributed by atoms with E-state index in [0.29, 0.717) is 43.6 Å². The third-order valence-electron chi connectivity index (χ3n) is 9.25. The Balaban J connectivity index is 0.994. The van der Waals surface area contributed by atoms with Gasteiger partial charge in [0.25, 0.3) is 16.1 Å². The predicted molar refractivity (Wildman–Crippen MR) is 141 cm³/mol. The number of amides is 1.